The minimum absolute atomic E-state index is 0.232. The molecule has 0 aliphatic heterocycles. The highest BCUT2D eigenvalue weighted by molar-refractivity contribution is 5.59. The first kappa shape index (κ1) is 11.3. The normalized spacial score (nSPS) is 14.8. The molecule has 1 fully saturated rings. The van der Waals surface area contributed by atoms with E-state index in [2.05, 4.69) is 21.1 Å². The number of nitrogens with zero attached hydrogens (tertiary/aromatic N) is 2. The Morgan fingerprint density at radius 3 is 2.83 bits per heavy atom. The van der Waals surface area contributed by atoms with Gasteiger partial charge < -0.3 is 9.88 Å². The molecule has 0 unspecified atom stereocenters. The Morgan fingerprint density at radius 1 is 1.33 bits per heavy atom. The summed E-state index contributed by atoms with van der Waals surface area (Å²) in [4.78, 5) is 4.47. The Bertz CT molecular complexity index is 585. The Balaban J connectivity index is 1.94. The minimum atomic E-state index is -0.232. The summed E-state index contributed by atoms with van der Waals surface area (Å²) in [7, 11) is 0. The van der Waals surface area contributed by atoms with Crippen LogP contribution in [-0.4, -0.2) is 9.55 Å². The van der Waals surface area contributed by atoms with Gasteiger partial charge in [-0.25, -0.2) is 9.37 Å². The van der Waals surface area contributed by atoms with Crippen molar-refractivity contribution in [1.29, 1.82) is 0 Å². The van der Waals surface area contributed by atoms with Gasteiger partial charge in [0.15, 0.2) is 0 Å². The number of imidazole rings is 1. The van der Waals surface area contributed by atoms with Gasteiger partial charge in [0, 0.05) is 17.9 Å². The highest BCUT2D eigenvalue weighted by atomic mass is 19.1. The van der Waals surface area contributed by atoms with Crippen molar-refractivity contribution >= 4 is 11.6 Å². The molecule has 4 heteroatoms. The number of aromatic nitrogens is 2. The standard InChI is InChI=1S/C14H16FN3/c1-9-3-4-11(15)7-13(9)17-14-16-10(2)8-18(14)12-5-6-12/h3-4,7-8,12H,5-6H2,1-2H3,(H,16,17). The second-order valence-corrected chi connectivity index (χ2v) is 4.93. The molecule has 3 nitrogen and oxygen atoms in total. The van der Waals surface area contributed by atoms with Crippen molar-refractivity contribution < 1.29 is 4.39 Å². The van der Waals surface area contributed by atoms with E-state index in [1.165, 1.54) is 25.0 Å². The number of aryl methyl sites for hydroxylation is 2. The van der Waals surface area contributed by atoms with Crippen LogP contribution in [0.2, 0.25) is 0 Å². The molecule has 1 N–H and O–H groups in total. The lowest BCUT2D eigenvalue weighted by Gasteiger charge is -2.11. The van der Waals surface area contributed by atoms with E-state index in [1.54, 1.807) is 6.07 Å². The summed E-state index contributed by atoms with van der Waals surface area (Å²) in [6, 6.07) is 5.31. The molecule has 1 aliphatic rings. The number of benzene rings is 1. The van der Waals surface area contributed by atoms with Crippen LogP contribution in [-0.2, 0) is 0 Å². The third-order valence-electron chi connectivity index (χ3n) is 3.24. The Hall–Kier alpha value is -1.84. The van der Waals surface area contributed by atoms with Crippen LogP contribution in [0.5, 0.6) is 0 Å². The lowest BCUT2D eigenvalue weighted by Crippen LogP contribution is -2.02. The van der Waals surface area contributed by atoms with Gasteiger partial charge in [-0.3, -0.25) is 0 Å². The smallest absolute Gasteiger partial charge is 0.207 e. The first-order valence-corrected chi connectivity index (χ1v) is 6.22. The van der Waals surface area contributed by atoms with Crippen molar-refractivity contribution in [3.8, 4) is 0 Å². The lowest BCUT2D eigenvalue weighted by molar-refractivity contribution is 0.628. The number of hydrogen-bond donors (Lipinski definition) is 1. The van der Waals surface area contributed by atoms with Crippen LogP contribution in [0.1, 0.15) is 30.1 Å². The summed E-state index contributed by atoms with van der Waals surface area (Å²) >= 11 is 0. The third-order valence-corrected chi connectivity index (χ3v) is 3.24. The maximum atomic E-state index is 13.3. The number of nitrogens with one attached hydrogen (secondary N) is 1. The average molecular weight is 245 g/mol. The maximum Gasteiger partial charge on any atom is 0.207 e. The highest BCUT2D eigenvalue weighted by Gasteiger charge is 2.26. The van der Waals surface area contributed by atoms with Gasteiger partial charge in [-0.2, -0.15) is 0 Å². The second kappa shape index (κ2) is 4.12. The monoisotopic (exact) mass is 245 g/mol. The molecular weight excluding hydrogens is 229 g/mol. The first-order valence-electron chi connectivity index (χ1n) is 6.22. The van der Waals surface area contributed by atoms with E-state index in [-0.39, 0.29) is 5.82 Å². The fourth-order valence-electron chi connectivity index (χ4n) is 2.09. The van der Waals surface area contributed by atoms with Gasteiger partial charge in [-0.15, -0.1) is 0 Å². The average Bonchev–Trinajstić information content (AvgIpc) is 3.09. The maximum absolute atomic E-state index is 13.3. The molecule has 0 bridgehead atoms. The Kier molecular flexibility index (Phi) is 2.58. The molecule has 0 spiro atoms. The van der Waals surface area contributed by atoms with Crippen LogP contribution >= 0.6 is 0 Å². The van der Waals surface area contributed by atoms with Crippen molar-refractivity contribution in [1.82, 2.24) is 9.55 Å². The van der Waals surface area contributed by atoms with Gasteiger partial charge in [0.1, 0.15) is 5.82 Å². The van der Waals surface area contributed by atoms with E-state index in [9.17, 15) is 4.39 Å². The molecule has 94 valence electrons. The summed E-state index contributed by atoms with van der Waals surface area (Å²) in [5.41, 5.74) is 2.78. The van der Waals surface area contributed by atoms with E-state index in [1.807, 2.05) is 13.8 Å². The van der Waals surface area contributed by atoms with E-state index in [0.717, 1.165) is 22.9 Å². The van der Waals surface area contributed by atoms with Crippen molar-refractivity contribution in [2.75, 3.05) is 5.32 Å². The van der Waals surface area contributed by atoms with Crippen molar-refractivity contribution in [3.05, 3.63) is 41.5 Å². The van der Waals surface area contributed by atoms with Crippen LogP contribution in [0, 0.1) is 19.7 Å². The SMILES string of the molecule is Cc1cn(C2CC2)c(Nc2cc(F)ccc2C)n1. The largest absolute Gasteiger partial charge is 0.325 e. The van der Waals surface area contributed by atoms with E-state index >= 15 is 0 Å². The van der Waals surface area contributed by atoms with Gasteiger partial charge in [0.25, 0.3) is 0 Å². The van der Waals surface area contributed by atoms with Crippen LogP contribution in [0.4, 0.5) is 16.0 Å². The molecule has 0 atom stereocenters. The van der Waals surface area contributed by atoms with Gasteiger partial charge >= 0.3 is 0 Å². The summed E-state index contributed by atoms with van der Waals surface area (Å²) in [5.74, 6) is 0.577. The molecule has 3 rings (SSSR count). The second-order valence-electron chi connectivity index (χ2n) is 4.93. The Labute approximate surface area is 106 Å². The molecule has 0 radical (unpaired) electrons. The molecule has 1 saturated carbocycles. The van der Waals surface area contributed by atoms with Crippen LogP contribution in [0.15, 0.2) is 24.4 Å². The molecule has 1 heterocycles. The fourth-order valence-corrected chi connectivity index (χ4v) is 2.09. The molecule has 18 heavy (non-hydrogen) atoms. The molecule has 0 saturated heterocycles. The predicted octanol–water partition coefficient (Wildman–Crippen LogP) is 3.72. The van der Waals surface area contributed by atoms with Crippen LogP contribution < -0.4 is 5.32 Å². The molecule has 1 aliphatic carbocycles. The molecule has 2 aromatic rings. The van der Waals surface area contributed by atoms with Gasteiger partial charge in [0.2, 0.25) is 5.95 Å². The van der Waals surface area contributed by atoms with Crippen molar-refractivity contribution in [3.63, 3.8) is 0 Å². The lowest BCUT2D eigenvalue weighted by atomic mass is 10.2. The van der Waals surface area contributed by atoms with Gasteiger partial charge in [0.05, 0.1) is 5.69 Å². The first-order chi connectivity index (χ1) is 8.63. The topological polar surface area (TPSA) is 29.9 Å². The predicted molar refractivity (Wildman–Crippen MR) is 69.7 cm³/mol. The summed E-state index contributed by atoms with van der Waals surface area (Å²) < 4.78 is 15.4. The molecular formula is C14H16FN3. The number of anilines is 2. The van der Waals surface area contributed by atoms with E-state index in [0.29, 0.717) is 6.04 Å². The summed E-state index contributed by atoms with van der Waals surface area (Å²) in [6.45, 7) is 3.93. The number of hydrogen-bond acceptors (Lipinski definition) is 2. The van der Waals surface area contributed by atoms with Crippen LogP contribution in [0.25, 0.3) is 0 Å². The van der Waals surface area contributed by atoms with Crippen molar-refractivity contribution in [2.45, 2.75) is 32.7 Å². The zero-order chi connectivity index (χ0) is 12.7. The summed E-state index contributed by atoms with van der Waals surface area (Å²) in [6.07, 6.45) is 4.45. The molecule has 0 amide bonds. The number of halogens is 1. The van der Waals surface area contributed by atoms with Gasteiger partial charge in [-0.05, 0) is 44.4 Å². The van der Waals surface area contributed by atoms with Crippen LogP contribution in [0.3, 0.4) is 0 Å². The highest BCUT2D eigenvalue weighted by Crippen LogP contribution is 2.38. The Morgan fingerprint density at radius 2 is 2.11 bits per heavy atom. The molecule has 1 aromatic carbocycles. The van der Waals surface area contributed by atoms with E-state index in [4.69, 9.17) is 0 Å². The number of rotatable bonds is 3. The zero-order valence-corrected chi connectivity index (χ0v) is 10.6. The van der Waals surface area contributed by atoms with Crippen molar-refractivity contribution in [2.24, 2.45) is 0 Å². The van der Waals surface area contributed by atoms with E-state index < -0.39 is 0 Å². The summed E-state index contributed by atoms with van der Waals surface area (Å²) in [5, 5.41) is 3.24. The minimum Gasteiger partial charge on any atom is -0.325 e. The van der Waals surface area contributed by atoms with Gasteiger partial charge in [-0.1, -0.05) is 6.07 Å². The fraction of sp³-hybridized carbons (Fsp3) is 0.357. The third kappa shape index (κ3) is 2.10. The molecule has 1 aromatic heterocycles. The zero-order valence-electron chi connectivity index (χ0n) is 10.6. The quantitative estimate of drug-likeness (QED) is 0.893.